The molecule has 144 valence electrons. The van der Waals surface area contributed by atoms with E-state index in [4.69, 9.17) is 4.98 Å². The lowest BCUT2D eigenvalue weighted by Gasteiger charge is -2.18. The molecule has 1 N–H and O–H groups in total. The first kappa shape index (κ1) is 21.0. The van der Waals surface area contributed by atoms with Crippen LogP contribution < -0.4 is 10.9 Å². The molecule has 5 nitrogen and oxygen atoms in total. The summed E-state index contributed by atoms with van der Waals surface area (Å²) in [5.74, 6) is 0.937. The maximum Gasteiger partial charge on any atom is 0.263 e. The summed E-state index contributed by atoms with van der Waals surface area (Å²) >= 11 is 2.89. The van der Waals surface area contributed by atoms with Gasteiger partial charge in [-0.25, -0.2) is 4.98 Å². The second-order valence-corrected chi connectivity index (χ2v) is 9.70. The van der Waals surface area contributed by atoms with E-state index < -0.39 is 0 Å². The smallest absolute Gasteiger partial charge is 0.263 e. The van der Waals surface area contributed by atoms with Crippen molar-refractivity contribution in [3.05, 3.63) is 20.8 Å². The highest BCUT2D eigenvalue weighted by Gasteiger charge is 2.19. The molecule has 0 aromatic carbocycles. The summed E-state index contributed by atoms with van der Waals surface area (Å²) in [6, 6.07) is 0.124. The Labute approximate surface area is 163 Å². The predicted molar refractivity (Wildman–Crippen MR) is 111 cm³/mol. The Morgan fingerprint density at radius 2 is 1.88 bits per heavy atom. The lowest BCUT2D eigenvalue weighted by molar-refractivity contribution is -0.119. The van der Waals surface area contributed by atoms with Gasteiger partial charge in [-0.2, -0.15) is 0 Å². The topological polar surface area (TPSA) is 64.0 Å². The van der Waals surface area contributed by atoms with Crippen molar-refractivity contribution < 1.29 is 4.79 Å². The van der Waals surface area contributed by atoms with Gasteiger partial charge < -0.3 is 5.32 Å². The van der Waals surface area contributed by atoms with Crippen LogP contribution in [0.25, 0.3) is 10.2 Å². The Kier molecular flexibility index (Phi) is 6.91. The third-order valence-corrected chi connectivity index (χ3v) is 6.60. The molecule has 2 aromatic rings. The Morgan fingerprint density at radius 1 is 1.23 bits per heavy atom. The van der Waals surface area contributed by atoms with Gasteiger partial charge in [-0.1, -0.05) is 39.5 Å². The van der Waals surface area contributed by atoms with E-state index in [1.165, 1.54) is 11.8 Å². The molecule has 2 rings (SSSR count). The van der Waals surface area contributed by atoms with Gasteiger partial charge in [0.1, 0.15) is 4.83 Å². The zero-order chi connectivity index (χ0) is 19.6. The SMILES string of the molecule is Cc1sc2nc(SCC(=O)N[C@H](C)C(C)C)n(CC(C)C)c(=O)c2c1C. The molecule has 0 unspecified atom stereocenters. The molecule has 0 aliphatic heterocycles. The van der Waals surface area contributed by atoms with Crippen LogP contribution in [0.1, 0.15) is 45.1 Å². The molecule has 0 saturated carbocycles. The van der Waals surface area contributed by atoms with E-state index in [1.54, 1.807) is 15.9 Å². The Balaban J connectivity index is 2.33. The largest absolute Gasteiger partial charge is 0.353 e. The number of thioether (sulfide) groups is 1. The van der Waals surface area contributed by atoms with Crippen LogP contribution in [-0.2, 0) is 11.3 Å². The normalized spacial score (nSPS) is 13.0. The molecule has 26 heavy (non-hydrogen) atoms. The van der Waals surface area contributed by atoms with Gasteiger partial charge >= 0.3 is 0 Å². The first-order chi connectivity index (χ1) is 12.1. The van der Waals surface area contributed by atoms with Crippen LogP contribution in [-0.4, -0.2) is 27.3 Å². The maximum atomic E-state index is 13.0. The highest BCUT2D eigenvalue weighted by Crippen LogP contribution is 2.28. The van der Waals surface area contributed by atoms with Gasteiger partial charge in [0.15, 0.2) is 5.16 Å². The van der Waals surface area contributed by atoms with Crippen LogP contribution in [0.3, 0.4) is 0 Å². The van der Waals surface area contributed by atoms with Crippen LogP contribution >= 0.6 is 23.1 Å². The molecule has 0 saturated heterocycles. The van der Waals surface area contributed by atoms with Crippen LogP contribution in [0.4, 0.5) is 0 Å². The van der Waals surface area contributed by atoms with Crippen molar-refractivity contribution in [3.63, 3.8) is 0 Å². The van der Waals surface area contributed by atoms with E-state index in [0.29, 0.717) is 23.5 Å². The third-order valence-electron chi connectivity index (χ3n) is 4.52. The summed E-state index contributed by atoms with van der Waals surface area (Å²) in [5.41, 5.74) is 1.02. The molecule has 0 radical (unpaired) electrons. The molecule has 0 aliphatic rings. The number of aromatic nitrogens is 2. The van der Waals surface area contributed by atoms with Crippen molar-refractivity contribution >= 4 is 39.2 Å². The summed E-state index contributed by atoms with van der Waals surface area (Å²) in [5, 5.41) is 4.35. The number of fused-ring (bicyclic) bond motifs is 1. The third kappa shape index (κ3) is 4.68. The van der Waals surface area contributed by atoms with Crippen LogP contribution in [0, 0.1) is 25.7 Å². The first-order valence-corrected chi connectivity index (χ1v) is 10.8. The average Bonchev–Trinajstić information content (AvgIpc) is 2.82. The Morgan fingerprint density at radius 3 is 2.46 bits per heavy atom. The average molecular weight is 396 g/mol. The standard InChI is InChI=1S/C19H29N3O2S2/c1-10(2)8-22-18(24)16-12(5)14(7)26-17(16)21-19(22)25-9-15(23)20-13(6)11(3)4/h10-11,13H,8-9H2,1-7H3,(H,20,23)/t13-/m1/s1. The number of aryl methyl sites for hydroxylation is 2. The van der Waals surface area contributed by atoms with Crippen LogP contribution in [0.2, 0.25) is 0 Å². The summed E-state index contributed by atoms with van der Waals surface area (Å²) < 4.78 is 1.73. The van der Waals surface area contributed by atoms with Gasteiger partial charge in [-0.05, 0) is 38.2 Å². The maximum absolute atomic E-state index is 13.0. The summed E-state index contributed by atoms with van der Waals surface area (Å²) in [4.78, 5) is 31.9. The highest BCUT2D eigenvalue weighted by molar-refractivity contribution is 7.99. The van der Waals surface area contributed by atoms with Crippen LogP contribution in [0.15, 0.2) is 9.95 Å². The molecular weight excluding hydrogens is 366 g/mol. The van der Waals surface area contributed by atoms with Crippen molar-refractivity contribution in [2.45, 2.75) is 66.2 Å². The molecule has 1 atom stereocenters. The van der Waals surface area contributed by atoms with E-state index in [1.807, 2.05) is 20.8 Å². The molecule has 2 heterocycles. The van der Waals surface area contributed by atoms with Crippen molar-refractivity contribution in [2.24, 2.45) is 11.8 Å². The number of nitrogens with one attached hydrogen (secondary N) is 1. The molecule has 0 fully saturated rings. The zero-order valence-corrected chi connectivity index (χ0v) is 18.3. The second-order valence-electron chi connectivity index (χ2n) is 7.56. The molecule has 0 bridgehead atoms. The highest BCUT2D eigenvalue weighted by atomic mass is 32.2. The Bertz CT molecular complexity index is 853. The summed E-state index contributed by atoms with van der Waals surface area (Å²) in [6.07, 6.45) is 0. The number of amides is 1. The first-order valence-electron chi connectivity index (χ1n) is 9.04. The summed E-state index contributed by atoms with van der Waals surface area (Å²) in [7, 11) is 0. The van der Waals surface area contributed by atoms with E-state index in [2.05, 4.69) is 33.0 Å². The van der Waals surface area contributed by atoms with E-state index in [9.17, 15) is 9.59 Å². The molecule has 1 amide bonds. The molecule has 2 aromatic heterocycles. The Hall–Kier alpha value is -1.34. The minimum atomic E-state index is -0.0276. The number of thiophene rings is 1. The van der Waals surface area contributed by atoms with Crippen molar-refractivity contribution in [3.8, 4) is 0 Å². The van der Waals surface area contributed by atoms with Gasteiger partial charge in [0.05, 0.1) is 11.1 Å². The van der Waals surface area contributed by atoms with Crippen molar-refractivity contribution in [2.75, 3.05) is 5.75 Å². The summed E-state index contributed by atoms with van der Waals surface area (Å²) in [6.45, 7) is 14.9. The quantitative estimate of drug-likeness (QED) is 0.569. The van der Waals surface area contributed by atoms with Crippen molar-refractivity contribution in [1.29, 1.82) is 0 Å². The monoisotopic (exact) mass is 395 g/mol. The van der Waals surface area contributed by atoms with Crippen molar-refractivity contribution in [1.82, 2.24) is 14.9 Å². The van der Waals surface area contributed by atoms with E-state index >= 15 is 0 Å². The number of nitrogens with zero attached hydrogens (tertiary/aromatic N) is 2. The zero-order valence-electron chi connectivity index (χ0n) is 16.7. The van der Waals surface area contributed by atoms with Gasteiger partial charge in [-0.3, -0.25) is 14.2 Å². The molecular formula is C19H29N3O2S2. The number of carbonyl (C=O) groups excluding carboxylic acids is 1. The number of carbonyl (C=O) groups is 1. The van der Waals surface area contributed by atoms with E-state index in [0.717, 1.165) is 20.7 Å². The predicted octanol–water partition coefficient (Wildman–Crippen LogP) is 3.98. The number of rotatable bonds is 7. The van der Waals surface area contributed by atoms with Gasteiger partial charge in [0, 0.05) is 17.5 Å². The molecule has 0 spiro atoms. The minimum absolute atomic E-state index is 0.00371. The lowest BCUT2D eigenvalue weighted by Crippen LogP contribution is -2.37. The fourth-order valence-corrected chi connectivity index (χ4v) is 4.43. The number of hydrogen-bond donors (Lipinski definition) is 1. The minimum Gasteiger partial charge on any atom is -0.353 e. The number of hydrogen-bond acceptors (Lipinski definition) is 5. The lowest BCUT2D eigenvalue weighted by atomic mass is 10.1. The fourth-order valence-electron chi connectivity index (χ4n) is 2.54. The second kappa shape index (κ2) is 8.57. The molecule has 0 aliphatic carbocycles. The fraction of sp³-hybridized carbons (Fsp3) is 0.632. The molecule has 7 heteroatoms. The van der Waals surface area contributed by atoms with Gasteiger partial charge in [-0.15, -0.1) is 11.3 Å². The van der Waals surface area contributed by atoms with Gasteiger partial charge in [0.2, 0.25) is 5.91 Å². The van der Waals surface area contributed by atoms with Crippen LogP contribution in [0.5, 0.6) is 0 Å². The van der Waals surface area contributed by atoms with Gasteiger partial charge in [0.25, 0.3) is 5.56 Å². The van der Waals surface area contributed by atoms with E-state index in [-0.39, 0.29) is 23.3 Å².